The fraction of sp³-hybridized carbons (Fsp3) is 0.375. The first-order valence-electron chi connectivity index (χ1n) is 7.56. The summed E-state index contributed by atoms with van der Waals surface area (Å²) in [5.74, 6) is 0.425. The van der Waals surface area contributed by atoms with Gasteiger partial charge in [0.25, 0.3) is 5.89 Å². The van der Waals surface area contributed by atoms with Crippen molar-refractivity contribution in [1.29, 1.82) is 0 Å². The van der Waals surface area contributed by atoms with E-state index in [1.165, 1.54) is 0 Å². The number of ether oxygens (including phenoxy) is 1. The van der Waals surface area contributed by atoms with Gasteiger partial charge in [0, 0.05) is 25.1 Å². The van der Waals surface area contributed by atoms with Gasteiger partial charge < -0.3 is 14.1 Å². The van der Waals surface area contributed by atoms with E-state index in [0.29, 0.717) is 24.3 Å². The second-order valence-electron chi connectivity index (χ2n) is 5.22. The summed E-state index contributed by atoms with van der Waals surface area (Å²) in [4.78, 5) is 25.4. The van der Waals surface area contributed by atoms with E-state index >= 15 is 0 Å². The number of amides is 1. The fourth-order valence-electron chi connectivity index (χ4n) is 2.40. The number of carbonyl (C=O) groups is 2. The van der Waals surface area contributed by atoms with Gasteiger partial charge in [-0.15, -0.1) is 10.2 Å². The number of esters is 1. The zero-order valence-corrected chi connectivity index (χ0v) is 12.8. The molecule has 0 unspecified atom stereocenters. The molecule has 0 spiro atoms. The maximum atomic E-state index is 12.0. The molecular formula is C16H17N3O4. The molecule has 2 heterocycles. The third-order valence-corrected chi connectivity index (χ3v) is 3.63. The average Bonchev–Trinajstić information content (AvgIpc) is 3.21. The number of benzene rings is 1. The van der Waals surface area contributed by atoms with E-state index in [1.807, 2.05) is 6.92 Å². The van der Waals surface area contributed by atoms with Crippen LogP contribution >= 0.6 is 0 Å². The molecule has 1 fully saturated rings. The van der Waals surface area contributed by atoms with Crippen LogP contribution in [0.2, 0.25) is 0 Å². The molecule has 1 aromatic heterocycles. The molecular weight excluding hydrogens is 298 g/mol. The van der Waals surface area contributed by atoms with E-state index in [2.05, 4.69) is 10.2 Å². The monoisotopic (exact) mass is 315 g/mol. The van der Waals surface area contributed by atoms with Crippen molar-refractivity contribution in [3.63, 3.8) is 0 Å². The largest absolute Gasteiger partial charge is 0.452 e. The van der Waals surface area contributed by atoms with Crippen molar-refractivity contribution in [1.82, 2.24) is 10.2 Å². The zero-order chi connectivity index (χ0) is 16.2. The number of hydrogen-bond donors (Lipinski definition) is 0. The van der Waals surface area contributed by atoms with Crippen molar-refractivity contribution in [2.45, 2.75) is 32.8 Å². The SMILES string of the molecule is CCc1nnc(COC(=O)c2ccc(N3CCCC3=O)cc2)o1. The van der Waals surface area contributed by atoms with Crippen LogP contribution in [0.5, 0.6) is 0 Å². The van der Waals surface area contributed by atoms with Gasteiger partial charge in [-0.05, 0) is 30.7 Å². The summed E-state index contributed by atoms with van der Waals surface area (Å²) in [7, 11) is 0. The molecule has 7 nitrogen and oxygen atoms in total. The van der Waals surface area contributed by atoms with Crippen molar-refractivity contribution >= 4 is 17.6 Å². The predicted molar refractivity (Wildman–Crippen MR) is 80.8 cm³/mol. The second kappa shape index (κ2) is 6.60. The van der Waals surface area contributed by atoms with Crippen LogP contribution in [0, 0.1) is 0 Å². The normalized spacial score (nSPS) is 14.3. The quantitative estimate of drug-likeness (QED) is 0.786. The summed E-state index contributed by atoms with van der Waals surface area (Å²) < 4.78 is 10.4. The summed E-state index contributed by atoms with van der Waals surface area (Å²) in [6.07, 6.45) is 2.08. The number of rotatable bonds is 5. The Kier molecular flexibility index (Phi) is 4.36. The van der Waals surface area contributed by atoms with E-state index in [-0.39, 0.29) is 18.4 Å². The number of anilines is 1. The van der Waals surface area contributed by atoms with Gasteiger partial charge in [-0.3, -0.25) is 4.79 Å². The summed E-state index contributed by atoms with van der Waals surface area (Å²) in [5.41, 5.74) is 1.21. The maximum Gasteiger partial charge on any atom is 0.338 e. The number of carbonyl (C=O) groups excluding carboxylic acids is 2. The minimum absolute atomic E-state index is 0.0573. The molecule has 1 saturated heterocycles. The molecule has 3 rings (SSSR count). The number of nitrogens with zero attached hydrogens (tertiary/aromatic N) is 3. The number of hydrogen-bond acceptors (Lipinski definition) is 6. The molecule has 0 radical (unpaired) electrons. The van der Waals surface area contributed by atoms with E-state index in [4.69, 9.17) is 9.15 Å². The lowest BCUT2D eigenvalue weighted by Gasteiger charge is -2.15. The molecule has 0 atom stereocenters. The van der Waals surface area contributed by atoms with E-state index in [0.717, 1.165) is 18.7 Å². The van der Waals surface area contributed by atoms with Crippen molar-refractivity contribution in [2.24, 2.45) is 0 Å². The smallest absolute Gasteiger partial charge is 0.338 e. The molecule has 0 saturated carbocycles. The third kappa shape index (κ3) is 3.39. The van der Waals surface area contributed by atoms with Gasteiger partial charge in [0.1, 0.15) is 0 Å². The lowest BCUT2D eigenvalue weighted by atomic mass is 10.2. The highest BCUT2D eigenvalue weighted by Gasteiger charge is 2.21. The molecule has 2 aromatic rings. The summed E-state index contributed by atoms with van der Waals surface area (Å²) in [5, 5.41) is 7.59. The van der Waals surface area contributed by atoms with Gasteiger partial charge in [-0.1, -0.05) is 6.92 Å². The molecule has 1 aliphatic heterocycles. The van der Waals surface area contributed by atoms with Crippen molar-refractivity contribution in [2.75, 3.05) is 11.4 Å². The minimum Gasteiger partial charge on any atom is -0.452 e. The molecule has 0 aliphatic carbocycles. The lowest BCUT2D eigenvalue weighted by molar-refractivity contribution is -0.117. The Morgan fingerprint density at radius 2 is 2.00 bits per heavy atom. The second-order valence-corrected chi connectivity index (χ2v) is 5.22. The van der Waals surface area contributed by atoms with Crippen molar-refractivity contribution in [3.05, 3.63) is 41.6 Å². The minimum atomic E-state index is -0.472. The molecule has 120 valence electrons. The molecule has 1 aromatic carbocycles. The summed E-state index contributed by atoms with van der Waals surface area (Å²) in [6, 6.07) is 6.80. The van der Waals surface area contributed by atoms with Crippen LogP contribution in [-0.4, -0.2) is 28.6 Å². The number of aryl methyl sites for hydroxylation is 1. The van der Waals surface area contributed by atoms with Crippen LogP contribution in [0.4, 0.5) is 5.69 Å². The summed E-state index contributed by atoms with van der Waals surface area (Å²) in [6.45, 7) is 2.56. The Hall–Kier alpha value is -2.70. The van der Waals surface area contributed by atoms with Crippen molar-refractivity contribution in [3.8, 4) is 0 Å². The Bertz CT molecular complexity index is 708. The first-order valence-corrected chi connectivity index (χ1v) is 7.56. The lowest BCUT2D eigenvalue weighted by Crippen LogP contribution is -2.23. The molecule has 1 aliphatic rings. The zero-order valence-electron chi connectivity index (χ0n) is 12.8. The molecule has 1 amide bonds. The van der Waals surface area contributed by atoms with Gasteiger partial charge in [0.2, 0.25) is 11.8 Å². The van der Waals surface area contributed by atoms with Gasteiger partial charge in [-0.25, -0.2) is 4.79 Å². The molecule has 23 heavy (non-hydrogen) atoms. The predicted octanol–water partition coefficient (Wildman–Crippen LogP) is 2.12. The molecule has 0 N–H and O–H groups in total. The highest BCUT2D eigenvalue weighted by Crippen LogP contribution is 2.21. The van der Waals surface area contributed by atoms with Gasteiger partial charge >= 0.3 is 5.97 Å². The summed E-state index contributed by atoms with van der Waals surface area (Å²) >= 11 is 0. The third-order valence-electron chi connectivity index (χ3n) is 3.63. The Balaban J connectivity index is 1.60. The highest BCUT2D eigenvalue weighted by atomic mass is 16.5. The van der Waals surface area contributed by atoms with E-state index in [9.17, 15) is 9.59 Å². The van der Waals surface area contributed by atoms with Crippen LogP contribution in [0.15, 0.2) is 28.7 Å². The Morgan fingerprint density at radius 1 is 1.26 bits per heavy atom. The Labute approximate surface area is 133 Å². The van der Waals surface area contributed by atoms with Gasteiger partial charge in [0.05, 0.1) is 5.56 Å². The van der Waals surface area contributed by atoms with Crippen molar-refractivity contribution < 1.29 is 18.7 Å². The van der Waals surface area contributed by atoms with E-state index < -0.39 is 5.97 Å². The van der Waals surface area contributed by atoms with Crippen LogP contribution in [0.3, 0.4) is 0 Å². The van der Waals surface area contributed by atoms with E-state index in [1.54, 1.807) is 29.2 Å². The first-order chi connectivity index (χ1) is 11.2. The molecule has 0 bridgehead atoms. The van der Waals surface area contributed by atoms with Gasteiger partial charge in [0.15, 0.2) is 6.61 Å². The number of aromatic nitrogens is 2. The maximum absolute atomic E-state index is 12.0. The molecule has 7 heteroatoms. The first kappa shape index (κ1) is 15.2. The standard InChI is InChI=1S/C16H17N3O4/c1-2-13-17-18-14(23-13)10-22-16(21)11-5-7-12(8-6-11)19-9-3-4-15(19)20/h5-8H,2-4,9-10H2,1H3. The van der Waals surface area contributed by atoms with Crippen LogP contribution in [-0.2, 0) is 22.6 Å². The van der Waals surface area contributed by atoms with Crippen LogP contribution < -0.4 is 4.90 Å². The highest BCUT2D eigenvalue weighted by molar-refractivity contribution is 5.96. The average molecular weight is 315 g/mol. The Morgan fingerprint density at radius 3 is 2.61 bits per heavy atom. The van der Waals surface area contributed by atoms with Crippen LogP contribution in [0.25, 0.3) is 0 Å². The fourth-order valence-corrected chi connectivity index (χ4v) is 2.40. The topological polar surface area (TPSA) is 85.5 Å². The van der Waals surface area contributed by atoms with Crippen LogP contribution in [0.1, 0.15) is 41.9 Å². The van der Waals surface area contributed by atoms with Gasteiger partial charge in [-0.2, -0.15) is 0 Å².